The highest BCUT2D eigenvalue weighted by Crippen LogP contribution is 2.29. The molecule has 0 spiro atoms. The average molecular weight is 425 g/mol. The van der Waals surface area contributed by atoms with Crippen LogP contribution in [0.4, 0.5) is 11.4 Å². The summed E-state index contributed by atoms with van der Waals surface area (Å²) in [6, 6.07) is 22.0. The van der Waals surface area contributed by atoms with E-state index in [1.807, 2.05) is 18.2 Å². The van der Waals surface area contributed by atoms with E-state index in [9.17, 15) is 14.4 Å². The highest BCUT2D eigenvalue weighted by Gasteiger charge is 2.29. The summed E-state index contributed by atoms with van der Waals surface area (Å²) in [6.45, 7) is 3.63. The van der Waals surface area contributed by atoms with E-state index < -0.39 is 0 Å². The first-order valence-electron chi connectivity index (χ1n) is 10.7. The number of carbonyl (C=O) groups excluding carboxylic acids is 3. The van der Waals surface area contributed by atoms with Crippen molar-refractivity contribution >= 4 is 28.8 Å². The van der Waals surface area contributed by atoms with Gasteiger partial charge in [0.25, 0.3) is 0 Å². The summed E-state index contributed by atoms with van der Waals surface area (Å²) in [5.41, 5.74) is 3.27. The predicted molar refractivity (Wildman–Crippen MR) is 123 cm³/mol. The predicted octanol–water partition coefficient (Wildman–Crippen LogP) is 3.22. The standard InChI is InChI=1S/C26H23N3O3/c30-24(17-28-12-14-29(15-13-28)19-6-2-1-3-7-19)27-18-10-11-22-23(16-18)26(32)21-9-5-4-8-20(21)25(22)31/h1-11,16H,12-15,17H2,(H,27,30). The number of hydrogen-bond acceptors (Lipinski definition) is 5. The molecule has 32 heavy (non-hydrogen) atoms. The number of ketones is 2. The van der Waals surface area contributed by atoms with Crippen molar-refractivity contribution in [1.82, 2.24) is 4.90 Å². The highest BCUT2D eigenvalue weighted by molar-refractivity contribution is 6.28. The van der Waals surface area contributed by atoms with Crippen LogP contribution in [0.1, 0.15) is 31.8 Å². The molecule has 1 aliphatic carbocycles. The first-order valence-corrected chi connectivity index (χ1v) is 10.7. The molecule has 2 aliphatic rings. The zero-order valence-electron chi connectivity index (χ0n) is 17.6. The summed E-state index contributed by atoms with van der Waals surface area (Å²) in [4.78, 5) is 42.7. The van der Waals surface area contributed by atoms with Crippen LogP contribution >= 0.6 is 0 Å². The number of piperazine rings is 1. The van der Waals surface area contributed by atoms with Gasteiger partial charge in [-0.15, -0.1) is 0 Å². The smallest absolute Gasteiger partial charge is 0.238 e. The normalized spacial score (nSPS) is 15.8. The van der Waals surface area contributed by atoms with Crippen LogP contribution in [0.15, 0.2) is 72.8 Å². The van der Waals surface area contributed by atoms with E-state index >= 15 is 0 Å². The van der Waals surface area contributed by atoms with Gasteiger partial charge in [-0.1, -0.05) is 42.5 Å². The van der Waals surface area contributed by atoms with Crippen molar-refractivity contribution in [3.63, 3.8) is 0 Å². The molecule has 5 rings (SSSR count). The molecule has 0 atom stereocenters. The van der Waals surface area contributed by atoms with Crippen molar-refractivity contribution in [2.24, 2.45) is 0 Å². The van der Waals surface area contributed by atoms with Gasteiger partial charge in [-0.25, -0.2) is 0 Å². The third-order valence-corrected chi connectivity index (χ3v) is 6.07. The molecule has 1 aliphatic heterocycles. The number of carbonyl (C=O) groups is 3. The first-order chi connectivity index (χ1) is 15.6. The van der Waals surface area contributed by atoms with Gasteiger partial charge in [-0.05, 0) is 30.3 Å². The van der Waals surface area contributed by atoms with Gasteiger partial charge in [-0.2, -0.15) is 0 Å². The average Bonchev–Trinajstić information content (AvgIpc) is 2.83. The summed E-state index contributed by atoms with van der Waals surface area (Å²) in [5, 5.41) is 2.88. The van der Waals surface area contributed by atoms with Gasteiger partial charge >= 0.3 is 0 Å². The van der Waals surface area contributed by atoms with Crippen molar-refractivity contribution in [2.75, 3.05) is 42.9 Å². The molecule has 1 heterocycles. The van der Waals surface area contributed by atoms with Gasteiger partial charge in [0, 0.05) is 59.8 Å². The number of nitrogens with zero attached hydrogens (tertiary/aromatic N) is 2. The Hall–Kier alpha value is -3.77. The van der Waals surface area contributed by atoms with Crippen LogP contribution in [0.2, 0.25) is 0 Å². The molecule has 1 fully saturated rings. The molecular formula is C26H23N3O3. The van der Waals surface area contributed by atoms with E-state index in [0.717, 1.165) is 26.2 Å². The molecule has 0 aromatic heterocycles. The second kappa shape index (κ2) is 8.40. The van der Waals surface area contributed by atoms with Crippen LogP contribution in [0, 0.1) is 0 Å². The maximum atomic E-state index is 12.9. The maximum absolute atomic E-state index is 12.9. The molecular weight excluding hydrogens is 402 g/mol. The summed E-state index contributed by atoms with van der Waals surface area (Å²) in [5.74, 6) is -0.485. The Bertz CT molecular complexity index is 1200. The minimum Gasteiger partial charge on any atom is -0.369 e. The number of amides is 1. The van der Waals surface area contributed by atoms with E-state index in [4.69, 9.17) is 0 Å². The Labute approximate surface area is 186 Å². The molecule has 0 radical (unpaired) electrons. The van der Waals surface area contributed by atoms with Crippen LogP contribution < -0.4 is 10.2 Å². The number of benzene rings is 3. The van der Waals surface area contributed by atoms with Crippen LogP contribution in [0.3, 0.4) is 0 Å². The first kappa shape index (κ1) is 20.2. The third-order valence-electron chi connectivity index (χ3n) is 6.07. The van der Waals surface area contributed by atoms with Gasteiger partial charge in [0.1, 0.15) is 0 Å². The fraction of sp³-hybridized carbons (Fsp3) is 0.192. The molecule has 1 N–H and O–H groups in total. The molecule has 160 valence electrons. The topological polar surface area (TPSA) is 69.7 Å². The van der Waals surface area contributed by atoms with Crippen molar-refractivity contribution in [1.29, 1.82) is 0 Å². The third kappa shape index (κ3) is 3.81. The minimum atomic E-state index is -0.191. The molecule has 0 bridgehead atoms. The lowest BCUT2D eigenvalue weighted by molar-refractivity contribution is -0.117. The largest absolute Gasteiger partial charge is 0.369 e. The summed E-state index contributed by atoms with van der Waals surface area (Å²) < 4.78 is 0. The van der Waals surface area contributed by atoms with Crippen LogP contribution in [-0.4, -0.2) is 55.1 Å². The molecule has 0 unspecified atom stereocenters. The number of rotatable bonds is 4. The van der Waals surface area contributed by atoms with E-state index in [0.29, 0.717) is 27.9 Å². The zero-order chi connectivity index (χ0) is 22.1. The fourth-order valence-corrected chi connectivity index (χ4v) is 4.38. The van der Waals surface area contributed by atoms with Gasteiger partial charge in [0.2, 0.25) is 5.91 Å². The molecule has 6 heteroatoms. The molecule has 1 saturated heterocycles. The number of nitrogens with one attached hydrogen (secondary N) is 1. The summed E-state index contributed by atoms with van der Waals surface area (Å²) in [7, 11) is 0. The number of para-hydroxylation sites is 1. The lowest BCUT2D eigenvalue weighted by Gasteiger charge is -2.35. The number of anilines is 2. The Balaban J connectivity index is 1.22. The number of hydrogen-bond donors (Lipinski definition) is 1. The lowest BCUT2D eigenvalue weighted by Crippen LogP contribution is -2.48. The monoisotopic (exact) mass is 425 g/mol. The Kier molecular flexibility index (Phi) is 5.29. The van der Waals surface area contributed by atoms with Crippen LogP contribution in [0.5, 0.6) is 0 Å². The van der Waals surface area contributed by atoms with Gasteiger partial charge in [-0.3, -0.25) is 19.3 Å². The van der Waals surface area contributed by atoms with E-state index in [-0.39, 0.29) is 24.0 Å². The van der Waals surface area contributed by atoms with E-state index in [1.54, 1.807) is 42.5 Å². The highest BCUT2D eigenvalue weighted by atomic mass is 16.2. The van der Waals surface area contributed by atoms with Gasteiger partial charge < -0.3 is 10.2 Å². The maximum Gasteiger partial charge on any atom is 0.238 e. The lowest BCUT2D eigenvalue weighted by atomic mass is 9.84. The van der Waals surface area contributed by atoms with Crippen LogP contribution in [-0.2, 0) is 4.79 Å². The van der Waals surface area contributed by atoms with Crippen molar-refractivity contribution in [2.45, 2.75) is 0 Å². The van der Waals surface area contributed by atoms with Gasteiger partial charge in [0.05, 0.1) is 6.54 Å². The Morgan fingerprint density at radius 1 is 0.719 bits per heavy atom. The quantitative estimate of drug-likeness (QED) is 0.544. The summed E-state index contributed by atoms with van der Waals surface area (Å²) >= 11 is 0. The summed E-state index contributed by atoms with van der Waals surface area (Å²) in [6.07, 6.45) is 0. The fourth-order valence-electron chi connectivity index (χ4n) is 4.38. The van der Waals surface area contributed by atoms with E-state index in [1.165, 1.54) is 5.69 Å². The Morgan fingerprint density at radius 2 is 1.31 bits per heavy atom. The Morgan fingerprint density at radius 3 is 2.00 bits per heavy atom. The minimum absolute atomic E-state index is 0.131. The second-order valence-corrected chi connectivity index (χ2v) is 8.11. The van der Waals surface area contributed by atoms with Crippen LogP contribution in [0.25, 0.3) is 0 Å². The second-order valence-electron chi connectivity index (χ2n) is 8.11. The van der Waals surface area contributed by atoms with E-state index in [2.05, 4.69) is 27.2 Å². The number of fused-ring (bicyclic) bond motifs is 2. The van der Waals surface area contributed by atoms with Gasteiger partial charge in [0.15, 0.2) is 11.6 Å². The molecule has 3 aromatic carbocycles. The molecule has 1 amide bonds. The molecule has 3 aromatic rings. The van der Waals surface area contributed by atoms with Crippen molar-refractivity contribution in [3.05, 3.63) is 95.1 Å². The van der Waals surface area contributed by atoms with Crippen molar-refractivity contribution in [3.8, 4) is 0 Å². The molecule has 0 saturated carbocycles. The SMILES string of the molecule is O=C(CN1CCN(c2ccccc2)CC1)Nc1ccc2c(c1)C(=O)c1ccccc1C2=O. The van der Waals surface area contributed by atoms with Crippen molar-refractivity contribution < 1.29 is 14.4 Å². The molecule has 6 nitrogen and oxygen atoms in total. The zero-order valence-corrected chi connectivity index (χ0v) is 17.6.